The summed E-state index contributed by atoms with van der Waals surface area (Å²) in [5.41, 5.74) is 4.42. The van der Waals surface area contributed by atoms with Gasteiger partial charge in [-0.1, -0.05) is 18.2 Å². The van der Waals surface area contributed by atoms with Crippen LogP contribution in [0.3, 0.4) is 0 Å². The summed E-state index contributed by atoms with van der Waals surface area (Å²) < 4.78 is 5.60. The third kappa shape index (κ3) is 4.49. The predicted molar refractivity (Wildman–Crippen MR) is 118 cm³/mol. The molecule has 4 heteroatoms. The van der Waals surface area contributed by atoms with Crippen molar-refractivity contribution in [2.45, 2.75) is 41.4 Å². The molecule has 2 aromatic rings. The van der Waals surface area contributed by atoms with E-state index < -0.39 is 0 Å². The summed E-state index contributed by atoms with van der Waals surface area (Å²) in [5, 5.41) is 0. The maximum Gasteiger partial charge on any atom is 0.122 e. The Hall–Kier alpha value is -1.10. The largest absolute Gasteiger partial charge is 0.496 e. The second kappa shape index (κ2) is 8.93. The molecule has 1 aliphatic carbocycles. The van der Waals surface area contributed by atoms with E-state index in [-0.39, 0.29) is 0 Å². The highest BCUT2D eigenvalue weighted by atomic mass is 32.2. The molecule has 0 saturated heterocycles. The number of ether oxygens (including phenoxy) is 1. The van der Waals surface area contributed by atoms with Gasteiger partial charge in [-0.25, -0.2) is 0 Å². The Morgan fingerprint density at radius 1 is 1.11 bits per heavy atom. The predicted octanol–water partition coefficient (Wildman–Crippen LogP) is 5.49. The zero-order valence-electron chi connectivity index (χ0n) is 16.4. The highest BCUT2D eigenvalue weighted by Crippen LogP contribution is 2.38. The van der Waals surface area contributed by atoms with Crippen molar-refractivity contribution in [3.63, 3.8) is 0 Å². The molecule has 0 fully saturated rings. The number of hydrogen-bond donors (Lipinski definition) is 0. The molecule has 0 spiro atoms. The summed E-state index contributed by atoms with van der Waals surface area (Å²) in [6.07, 6.45) is 4.85. The van der Waals surface area contributed by atoms with Gasteiger partial charge in [-0.3, -0.25) is 0 Å². The molecule has 4 rings (SSSR count). The van der Waals surface area contributed by atoms with Crippen molar-refractivity contribution in [2.24, 2.45) is 0 Å². The van der Waals surface area contributed by atoms with Crippen LogP contribution in [0.4, 0.5) is 0 Å². The number of benzene rings is 2. The summed E-state index contributed by atoms with van der Waals surface area (Å²) in [4.78, 5) is 5.47. The average Bonchev–Trinajstić information content (AvgIpc) is 2.72. The fraction of sp³-hybridized carbons (Fsp3) is 0.478. The van der Waals surface area contributed by atoms with Gasteiger partial charge in [0.05, 0.1) is 7.11 Å². The van der Waals surface area contributed by atoms with E-state index in [1.165, 1.54) is 50.8 Å². The van der Waals surface area contributed by atoms with Crippen molar-refractivity contribution in [3.8, 4) is 5.75 Å². The lowest BCUT2D eigenvalue weighted by molar-refractivity contribution is 0.299. The van der Waals surface area contributed by atoms with Crippen molar-refractivity contribution in [2.75, 3.05) is 38.8 Å². The van der Waals surface area contributed by atoms with Crippen LogP contribution in [0.15, 0.2) is 46.2 Å². The molecule has 1 atom stereocenters. The van der Waals surface area contributed by atoms with Crippen LogP contribution in [-0.2, 0) is 12.8 Å². The molecular weight excluding hydrogens is 370 g/mol. The summed E-state index contributed by atoms with van der Waals surface area (Å²) in [6.45, 7) is 2.25. The van der Waals surface area contributed by atoms with Crippen molar-refractivity contribution in [1.82, 2.24) is 4.90 Å². The van der Waals surface area contributed by atoms with Gasteiger partial charge in [0.25, 0.3) is 0 Å². The van der Waals surface area contributed by atoms with Crippen molar-refractivity contribution >= 4 is 23.5 Å². The van der Waals surface area contributed by atoms with E-state index in [4.69, 9.17) is 4.74 Å². The lowest BCUT2D eigenvalue weighted by atomic mass is 9.82. The van der Waals surface area contributed by atoms with Crippen molar-refractivity contribution < 1.29 is 4.74 Å². The van der Waals surface area contributed by atoms with Gasteiger partial charge in [0, 0.05) is 34.4 Å². The van der Waals surface area contributed by atoms with E-state index in [1.807, 2.05) is 23.5 Å². The second-order valence-corrected chi connectivity index (χ2v) is 9.88. The van der Waals surface area contributed by atoms with Gasteiger partial charge in [0.15, 0.2) is 0 Å². The van der Waals surface area contributed by atoms with E-state index in [2.05, 4.69) is 48.3 Å². The van der Waals surface area contributed by atoms with E-state index >= 15 is 0 Å². The van der Waals surface area contributed by atoms with Gasteiger partial charge in [-0.05, 0) is 73.5 Å². The molecule has 0 radical (unpaired) electrons. The van der Waals surface area contributed by atoms with Crippen LogP contribution in [0.25, 0.3) is 0 Å². The van der Waals surface area contributed by atoms with E-state index in [9.17, 15) is 0 Å². The first-order valence-electron chi connectivity index (χ1n) is 9.97. The topological polar surface area (TPSA) is 12.5 Å². The van der Waals surface area contributed by atoms with Gasteiger partial charge in [0.1, 0.15) is 5.75 Å². The first-order valence-corrected chi connectivity index (χ1v) is 11.9. The average molecular weight is 400 g/mol. The highest BCUT2D eigenvalue weighted by Gasteiger charge is 2.23. The third-order valence-corrected chi connectivity index (χ3v) is 8.25. The SMILES string of the molecule is COc1cccc2c1CCCC2CN(C)CCc1ccc2c(c1)SCCS2. The number of thioether (sulfide) groups is 2. The Morgan fingerprint density at radius 3 is 2.81 bits per heavy atom. The minimum atomic E-state index is 0.629. The van der Waals surface area contributed by atoms with Crippen LogP contribution in [0.1, 0.15) is 35.4 Å². The van der Waals surface area contributed by atoms with Crippen LogP contribution < -0.4 is 4.74 Å². The van der Waals surface area contributed by atoms with Crippen LogP contribution in [0.5, 0.6) is 5.75 Å². The molecule has 2 nitrogen and oxygen atoms in total. The zero-order chi connectivity index (χ0) is 18.6. The maximum absolute atomic E-state index is 5.60. The summed E-state index contributed by atoms with van der Waals surface area (Å²) in [6, 6.07) is 13.6. The number of rotatable bonds is 6. The summed E-state index contributed by atoms with van der Waals surface area (Å²) in [7, 11) is 4.07. The minimum Gasteiger partial charge on any atom is -0.496 e. The van der Waals surface area contributed by atoms with Crippen LogP contribution in [0.2, 0.25) is 0 Å². The van der Waals surface area contributed by atoms with Crippen LogP contribution in [-0.4, -0.2) is 43.7 Å². The molecule has 0 bridgehead atoms. The monoisotopic (exact) mass is 399 g/mol. The van der Waals surface area contributed by atoms with Gasteiger partial charge in [-0.2, -0.15) is 0 Å². The number of likely N-dealkylation sites (N-methyl/N-ethyl adjacent to an activating group) is 1. The Bertz CT molecular complexity index is 792. The van der Waals surface area contributed by atoms with Gasteiger partial charge >= 0.3 is 0 Å². The van der Waals surface area contributed by atoms with Crippen LogP contribution >= 0.6 is 23.5 Å². The number of fused-ring (bicyclic) bond motifs is 2. The Morgan fingerprint density at radius 2 is 1.96 bits per heavy atom. The molecule has 1 aliphatic heterocycles. The number of methoxy groups -OCH3 is 1. The molecule has 2 aromatic carbocycles. The van der Waals surface area contributed by atoms with E-state index in [0.29, 0.717) is 5.92 Å². The molecule has 1 unspecified atom stereocenters. The highest BCUT2D eigenvalue weighted by molar-refractivity contribution is 8.05. The normalized spacial score (nSPS) is 18.9. The zero-order valence-corrected chi connectivity index (χ0v) is 18.0. The Labute approximate surface area is 172 Å². The quantitative estimate of drug-likeness (QED) is 0.637. The van der Waals surface area contributed by atoms with Crippen molar-refractivity contribution in [1.29, 1.82) is 0 Å². The first-order chi connectivity index (χ1) is 13.2. The minimum absolute atomic E-state index is 0.629. The lowest BCUT2D eigenvalue weighted by Gasteiger charge is -2.30. The lowest BCUT2D eigenvalue weighted by Crippen LogP contribution is -2.28. The molecule has 27 heavy (non-hydrogen) atoms. The molecular formula is C23H29NOS2. The third-order valence-electron chi connectivity index (χ3n) is 5.73. The van der Waals surface area contributed by atoms with Gasteiger partial charge < -0.3 is 9.64 Å². The molecule has 0 aromatic heterocycles. The summed E-state index contributed by atoms with van der Waals surface area (Å²) >= 11 is 4.02. The molecule has 144 valence electrons. The second-order valence-electron chi connectivity index (χ2n) is 7.61. The smallest absolute Gasteiger partial charge is 0.122 e. The van der Waals surface area contributed by atoms with Gasteiger partial charge in [0.2, 0.25) is 0 Å². The molecule has 0 saturated carbocycles. The molecule has 1 heterocycles. The van der Waals surface area contributed by atoms with Crippen molar-refractivity contribution in [3.05, 3.63) is 53.1 Å². The van der Waals surface area contributed by atoms with Crippen LogP contribution in [0, 0.1) is 0 Å². The fourth-order valence-electron chi connectivity index (χ4n) is 4.32. The number of hydrogen-bond acceptors (Lipinski definition) is 4. The molecule has 0 N–H and O–H groups in total. The standard InChI is InChI=1S/C23H29NOS2/c1-24(12-11-17-9-10-22-23(15-17)27-14-13-26-22)16-18-5-3-7-20-19(18)6-4-8-21(20)25-2/h4,6,8-10,15,18H,3,5,7,11-14,16H2,1-2H3. The number of nitrogens with zero attached hydrogens (tertiary/aromatic N) is 1. The fourth-order valence-corrected chi connectivity index (χ4v) is 6.60. The van der Waals surface area contributed by atoms with Gasteiger partial charge in [-0.15, -0.1) is 23.5 Å². The van der Waals surface area contributed by atoms with E-state index in [1.54, 1.807) is 7.11 Å². The Kier molecular flexibility index (Phi) is 6.36. The Balaban J connectivity index is 1.37. The maximum atomic E-state index is 5.60. The first kappa shape index (κ1) is 19.2. The summed E-state index contributed by atoms with van der Waals surface area (Å²) in [5.74, 6) is 4.19. The molecule has 0 amide bonds. The molecule has 2 aliphatic rings. The van der Waals surface area contributed by atoms with E-state index in [0.717, 1.165) is 31.7 Å².